The third kappa shape index (κ3) is 4.74. The third-order valence-corrected chi connectivity index (χ3v) is 5.61. The maximum atomic E-state index is 12.6. The maximum Gasteiger partial charge on any atom is 0.371 e. The fourth-order valence-corrected chi connectivity index (χ4v) is 4.02. The summed E-state index contributed by atoms with van der Waals surface area (Å²) >= 11 is 0. The fraction of sp³-hybridized carbons (Fsp3) is 0.478. The number of benzene rings is 1. The maximum absolute atomic E-state index is 12.6. The van der Waals surface area contributed by atoms with E-state index in [-0.39, 0.29) is 17.7 Å². The Hall–Kier alpha value is -2.64. The molecule has 30 heavy (non-hydrogen) atoms. The van der Waals surface area contributed by atoms with Crippen LogP contribution in [0.5, 0.6) is 0 Å². The van der Waals surface area contributed by atoms with Gasteiger partial charge in [-0.15, -0.1) is 0 Å². The van der Waals surface area contributed by atoms with Crippen molar-refractivity contribution in [1.82, 2.24) is 0 Å². The Morgan fingerprint density at radius 2 is 1.97 bits per heavy atom. The quantitative estimate of drug-likeness (QED) is 0.555. The molecule has 2 N–H and O–H groups in total. The van der Waals surface area contributed by atoms with Crippen LogP contribution in [-0.4, -0.2) is 35.2 Å². The largest absolute Gasteiger partial charge is 0.475 e. The predicted molar refractivity (Wildman–Crippen MR) is 111 cm³/mol. The summed E-state index contributed by atoms with van der Waals surface area (Å²) in [7, 11) is 1.52. The number of furan rings is 1. The van der Waals surface area contributed by atoms with Crippen LogP contribution in [0.25, 0.3) is 0 Å². The number of unbranched alkanes of at least 4 members (excludes halogenated alkanes) is 2. The minimum absolute atomic E-state index is 0.0247. The van der Waals surface area contributed by atoms with Crippen LogP contribution in [0.3, 0.4) is 0 Å². The molecule has 1 aliphatic heterocycles. The Labute approximate surface area is 176 Å². The minimum Gasteiger partial charge on any atom is -0.475 e. The molecule has 7 nitrogen and oxygen atoms in total. The average Bonchev–Trinajstić information content (AvgIpc) is 3.37. The van der Waals surface area contributed by atoms with E-state index in [0.29, 0.717) is 25.0 Å². The van der Waals surface area contributed by atoms with Gasteiger partial charge in [0.2, 0.25) is 11.7 Å². The Kier molecular flexibility index (Phi) is 7.29. The molecular weight excluding hydrogens is 386 g/mol. The lowest BCUT2D eigenvalue weighted by Gasteiger charge is -2.30. The molecule has 1 amide bonds. The van der Waals surface area contributed by atoms with Gasteiger partial charge in [0, 0.05) is 19.2 Å². The molecule has 1 aromatic carbocycles. The van der Waals surface area contributed by atoms with Gasteiger partial charge in [0.05, 0.1) is 12.1 Å². The zero-order chi connectivity index (χ0) is 21.7. The van der Waals surface area contributed by atoms with E-state index in [1.807, 2.05) is 24.3 Å². The van der Waals surface area contributed by atoms with E-state index in [4.69, 9.17) is 14.3 Å². The Bertz CT molecular complexity index is 859. The number of carbonyl (C=O) groups excluding carboxylic acids is 1. The van der Waals surface area contributed by atoms with Crippen molar-refractivity contribution in [2.75, 3.05) is 12.0 Å². The molecule has 0 saturated carbocycles. The fourth-order valence-electron chi connectivity index (χ4n) is 4.02. The van der Waals surface area contributed by atoms with Gasteiger partial charge in [-0.3, -0.25) is 4.79 Å². The molecule has 1 aliphatic rings. The van der Waals surface area contributed by atoms with E-state index in [1.165, 1.54) is 13.2 Å². The van der Waals surface area contributed by atoms with Crippen molar-refractivity contribution in [3.63, 3.8) is 0 Å². The van der Waals surface area contributed by atoms with Gasteiger partial charge < -0.3 is 24.3 Å². The molecule has 0 aliphatic carbocycles. The lowest BCUT2D eigenvalue weighted by molar-refractivity contribution is -0.117. The summed E-state index contributed by atoms with van der Waals surface area (Å²) in [4.78, 5) is 25.5. The van der Waals surface area contributed by atoms with Crippen LogP contribution in [0.4, 0.5) is 5.69 Å². The number of hydrogen-bond acceptors (Lipinski definition) is 5. The van der Waals surface area contributed by atoms with E-state index >= 15 is 0 Å². The number of aliphatic hydroxyl groups excluding tert-OH is 1. The molecule has 3 atom stereocenters. The second-order valence-electron chi connectivity index (χ2n) is 7.64. The first-order valence-electron chi connectivity index (χ1n) is 10.4. The highest BCUT2D eigenvalue weighted by atomic mass is 16.5. The second-order valence-corrected chi connectivity index (χ2v) is 7.64. The number of hydrogen-bond donors (Lipinski definition) is 2. The predicted octanol–water partition coefficient (Wildman–Crippen LogP) is 4.47. The molecule has 162 valence electrons. The van der Waals surface area contributed by atoms with E-state index in [1.54, 1.807) is 11.0 Å². The first-order valence-corrected chi connectivity index (χ1v) is 10.4. The summed E-state index contributed by atoms with van der Waals surface area (Å²) in [5, 5.41) is 19.5. The number of aromatic carboxylic acids is 1. The number of nitrogens with zero attached hydrogens (tertiary/aromatic N) is 1. The van der Waals surface area contributed by atoms with Crippen LogP contribution >= 0.6 is 0 Å². The number of ether oxygens (including phenoxy) is 1. The number of carboxylic acid groups (broad SMARTS) is 1. The first kappa shape index (κ1) is 22.1. The SMILES string of the molecule is CCCCCC(O)c1ccc(N2C(=O)CCC2[C@H](OC)c2ccc(C(=O)O)o2)cc1. The van der Waals surface area contributed by atoms with Crippen molar-refractivity contribution in [3.8, 4) is 0 Å². The zero-order valence-electron chi connectivity index (χ0n) is 17.4. The lowest BCUT2D eigenvalue weighted by atomic mass is 10.0. The Morgan fingerprint density at radius 1 is 1.23 bits per heavy atom. The summed E-state index contributed by atoms with van der Waals surface area (Å²) in [6, 6.07) is 10.0. The van der Waals surface area contributed by atoms with Crippen LogP contribution in [-0.2, 0) is 9.53 Å². The van der Waals surface area contributed by atoms with Crippen molar-refractivity contribution in [2.24, 2.45) is 0 Å². The van der Waals surface area contributed by atoms with Gasteiger partial charge in [-0.1, -0.05) is 38.3 Å². The summed E-state index contributed by atoms with van der Waals surface area (Å²) < 4.78 is 11.0. The van der Waals surface area contributed by atoms with Gasteiger partial charge in [0.15, 0.2) is 0 Å². The van der Waals surface area contributed by atoms with Gasteiger partial charge >= 0.3 is 5.97 Å². The monoisotopic (exact) mass is 415 g/mol. The molecule has 2 heterocycles. The van der Waals surface area contributed by atoms with E-state index in [9.17, 15) is 14.7 Å². The third-order valence-electron chi connectivity index (χ3n) is 5.61. The highest BCUT2D eigenvalue weighted by molar-refractivity contribution is 5.96. The number of amides is 1. The topological polar surface area (TPSA) is 100 Å². The van der Waals surface area contributed by atoms with Gasteiger partial charge in [0.25, 0.3) is 0 Å². The number of anilines is 1. The van der Waals surface area contributed by atoms with E-state index in [0.717, 1.165) is 30.5 Å². The molecule has 1 aromatic heterocycles. The number of carboxylic acids is 1. The molecule has 3 rings (SSSR count). The highest BCUT2D eigenvalue weighted by Gasteiger charge is 2.40. The normalized spacial score (nSPS) is 18.6. The van der Waals surface area contributed by atoms with Crippen LogP contribution in [0.1, 0.15) is 79.5 Å². The summed E-state index contributed by atoms with van der Waals surface area (Å²) in [6.45, 7) is 2.13. The minimum atomic E-state index is -1.15. The van der Waals surface area contributed by atoms with Crippen molar-refractivity contribution < 1.29 is 29.0 Å². The van der Waals surface area contributed by atoms with Crippen LogP contribution in [0.2, 0.25) is 0 Å². The van der Waals surface area contributed by atoms with Crippen molar-refractivity contribution in [2.45, 2.75) is 63.7 Å². The van der Waals surface area contributed by atoms with E-state index < -0.39 is 18.2 Å². The summed E-state index contributed by atoms with van der Waals surface area (Å²) in [5.41, 5.74) is 1.55. The van der Waals surface area contributed by atoms with Gasteiger partial charge in [-0.25, -0.2) is 4.79 Å². The highest BCUT2D eigenvalue weighted by Crippen LogP contribution is 2.37. The molecule has 0 spiro atoms. The molecular formula is C23H29NO6. The van der Waals surface area contributed by atoms with Crippen LogP contribution in [0.15, 0.2) is 40.8 Å². The molecule has 7 heteroatoms. The lowest BCUT2D eigenvalue weighted by Crippen LogP contribution is -2.37. The summed E-state index contributed by atoms with van der Waals surface area (Å²) in [5.74, 6) is -0.959. The molecule has 0 radical (unpaired) electrons. The number of carbonyl (C=O) groups is 2. The van der Waals surface area contributed by atoms with Crippen molar-refractivity contribution in [3.05, 3.63) is 53.5 Å². The smallest absolute Gasteiger partial charge is 0.371 e. The number of rotatable bonds is 10. The van der Waals surface area contributed by atoms with Crippen molar-refractivity contribution in [1.29, 1.82) is 0 Å². The Balaban J connectivity index is 1.79. The molecule has 2 unspecified atom stereocenters. The van der Waals surface area contributed by atoms with Crippen LogP contribution < -0.4 is 4.90 Å². The second kappa shape index (κ2) is 9.91. The van der Waals surface area contributed by atoms with Gasteiger partial charge in [0.1, 0.15) is 11.9 Å². The first-order chi connectivity index (χ1) is 14.5. The molecule has 1 saturated heterocycles. The Morgan fingerprint density at radius 3 is 2.57 bits per heavy atom. The zero-order valence-corrected chi connectivity index (χ0v) is 17.4. The number of methoxy groups -OCH3 is 1. The van der Waals surface area contributed by atoms with Crippen molar-refractivity contribution >= 4 is 17.6 Å². The number of aliphatic hydroxyl groups is 1. The van der Waals surface area contributed by atoms with E-state index in [2.05, 4.69) is 6.92 Å². The molecule has 2 aromatic rings. The molecule has 0 bridgehead atoms. The standard InChI is InChI=1S/C23H29NO6/c1-3-4-5-6-18(25)15-7-9-16(10-8-15)24-17(11-14-21(24)26)22(29-2)19-12-13-20(30-19)23(27)28/h7-10,12-13,17-18,22,25H,3-6,11,14H2,1-2H3,(H,27,28)/t17?,18?,22-/m0/s1. The summed E-state index contributed by atoms with van der Waals surface area (Å²) in [6.07, 6.45) is 3.74. The average molecular weight is 415 g/mol. The van der Waals surface area contributed by atoms with Crippen LogP contribution in [0, 0.1) is 0 Å². The van der Waals surface area contributed by atoms with Gasteiger partial charge in [-0.2, -0.15) is 0 Å². The van der Waals surface area contributed by atoms with Gasteiger partial charge in [-0.05, 0) is 42.7 Å². The molecule has 1 fully saturated rings.